The summed E-state index contributed by atoms with van der Waals surface area (Å²) < 4.78 is 0. The summed E-state index contributed by atoms with van der Waals surface area (Å²) in [5.74, 6) is 0. The third-order valence-electron chi connectivity index (χ3n) is 3.43. The minimum atomic E-state index is 0.719. The minimum absolute atomic E-state index is 0.719. The highest BCUT2D eigenvalue weighted by Crippen LogP contribution is 2.16. The van der Waals surface area contributed by atoms with Crippen LogP contribution in [0.4, 0.5) is 0 Å². The maximum absolute atomic E-state index is 3.55. The Hall–Kier alpha value is -0.820. The Morgan fingerprint density at radius 3 is 2.87 bits per heavy atom. The van der Waals surface area contributed by atoms with Crippen molar-refractivity contribution in [2.45, 2.75) is 45.6 Å². The van der Waals surface area contributed by atoms with Gasteiger partial charge < -0.3 is 5.32 Å². The van der Waals surface area contributed by atoms with Crippen LogP contribution in [0.1, 0.15) is 36.5 Å². The molecule has 1 aromatic carbocycles. The largest absolute Gasteiger partial charge is 0.314 e. The molecule has 0 aromatic heterocycles. The first-order valence-corrected chi connectivity index (χ1v) is 6.11. The Labute approximate surface area is 92.9 Å². The molecule has 1 aromatic rings. The van der Waals surface area contributed by atoms with Crippen molar-refractivity contribution in [1.82, 2.24) is 5.32 Å². The fourth-order valence-corrected chi connectivity index (χ4v) is 2.50. The van der Waals surface area contributed by atoms with Crippen LogP contribution in [0.5, 0.6) is 0 Å². The second-order valence-electron chi connectivity index (χ2n) is 4.61. The summed E-state index contributed by atoms with van der Waals surface area (Å²) >= 11 is 0. The van der Waals surface area contributed by atoms with Gasteiger partial charge in [0.1, 0.15) is 0 Å². The second kappa shape index (κ2) is 4.80. The highest BCUT2D eigenvalue weighted by molar-refractivity contribution is 5.31. The third kappa shape index (κ3) is 2.60. The number of rotatable bonds is 3. The first-order valence-electron chi connectivity index (χ1n) is 6.11. The van der Waals surface area contributed by atoms with Crippen LogP contribution in [0.3, 0.4) is 0 Å². The van der Waals surface area contributed by atoms with Gasteiger partial charge in [-0.15, -0.1) is 0 Å². The minimum Gasteiger partial charge on any atom is -0.314 e. The van der Waals surface area contributed by atoms with Gasteiger partial charge in [0.05, 0.1) is 0 Å². The smallest absolute Gasteiger partial charge is 0.0108 e. The van der Waals surface area contributed by atoms with Gasteiger partial charge in [0.2, 0.25) is 0 Å². The average molecular weight is 203 g/mol. The van der Waals surface area contributed by atoms with E-state index in [1.165, 1.54) is 42.5 Å². The van der Waals surface area contributed by atoms with E-state index in [1.54, 1.807) is 0 Å². The fourth-order valence-electron chi connectivity index (χ4n) is 2.50. The molecule has 1 saturated heterocycles. The molecule has 1 aliphatic heterocycles. The van der Waals surface area contributed by atoms with E-state index in [1.807, 2.05) is 0 Å². The molecule has 2 rings (SSSR count). The second-order valence-corrected chi connectivity index (χ2v) is 4.61. The van der Waals surface area contributed by atoms with E-state index in [4.69, 9.17) is 0 Å². The highest BCUT2D eigenvalue weighted by Gasteiger charge is 2.14. The lowest BCUT2D eigenvalue weighted by atomic mass is 9.98. The maximum atomic E-state index is 3.55. The van der Waals surface area contributed by atoms with Gasteiger partial charge in [-0.05, 0) is 55.8 Å². The molecule has 1 heteroatoms. The lowest BCUT2D eigenvalue weighted by Gasteiger charge is -2.12. The molecule has 82 valence electrons. The van der Waals surface area contributed by atoms with Crippen LogP contribution < -0.4 is 5.32 Å². The van der Waals surface area contributed by atoms with E-state index >= 15 is 0 Å². The molecular formula is C14H21N. The topological polar surface area (TPSA) is 12.0 Å². The summed E-state index contributed by atoms with van der Waals surface area (Å²) in [6.45, 7) is 5.65. The number of benzene rings is 1. The summed E-state index contributed by atoms with van der Waals surface area (Å²) in [6, 6.07) is 7.67. The monoisotopic (exact) mass is 203 g/mol. The Kier molecular flexibility index (Phi) is 3.42. The number of aryl methyl sites for hydroxylation is 2. The molecule has 15 heavy (non-hydrogen) atoms. The molecule has 1 unspecified atom stereocenters. The molecule has 1 nitrogen and oxygen atoms in total. The van der Waals surface area contributed by atoms with Crippen molar-refractivity contribution in [2.24, 2.45) is 0 Å². The highest BCUT2D eigenvalue weighted by atomic mass is 14.9. The molecular weight excluding hydrogens is 182 g/mol. The third-order valence-corrected chi connectivity index (χ3v) is 3.43. The number of nitrogens with one attached hydrogen (secondary N) is 1. The van der Waals surface area contributed by atoms with Crippen LogP contribution in [0.2, 0.25) is 0 Å². The van der Waals surface area contributed by atoms with Crippen molar-refractivity contribution < 1.29 is 0 Å². The molecule has 1 heterocycles. The molecule has 1 atom stereocenters. The molecule has 1 fully saturated rings. The van der Waals surface area contributed by atoms with Crippen LogP contribution in [0.15, 0.2) is 18.2 Å². The molecule has 0 saturated carbocycles. The van der Waals surface area contributed by atoms with E-state index in [2.05, 4.69) is 37.4 Å². The van der Waals surface area contributed by atoms with Gasteiger partial charge in [-0.25, -0.2) is 0 Å². The number of hydrogen-bond donors (Lipinski definition) is 1. The Morgan fingerprint density at radius 2 is 2.27 bits per heavy atom. The van der Waals surface area contributed by atoms with Crippen molar-refractivity contribution >= 4 is 0 Å². The van der Waals surface area contributed by atoms with Gasteiger partial charge in [-0.1, -0.05) is 25.1 Å². The van der Waals surface area contributed by atoms with Crippen LogP contribution in [0, 0.1) is 6.92 Å². The van der Waals surface area contributed by atoms with Gasteiger partial charge in [0, 0.05) is 6.04 Å². The van der Waals surface area contributed by atoms with Crippen molar-refractivity contribution in [3.05, 3.63) is 34.9 Å². The summed E-state index contributed by atoms with van der Waals surface area (Å²) in [5, 5.41) is 3.55. The standard InChI is InChI=1S/C14H21N/c1-3-13-7-6-12(9-11(13)2)10-14-5-4-8-15-14/h6-7,9,14-15H,3-5,8,10H2,1-2H3. The fraction of sp³-hybridized carbons (Fsp3) is 0.571. The van der Waals surface area contributed by atoms with Gasteiger partial charge in [-0.3, -0.25) is 0 Å². The molecule has 0 radical (unpaired) electrons. The maximum Gasteiger partial charge on any atom is 0.0108 e. The number of hydrogen-bond acceptors (Lipinski definition) is 1. The lowest BCUT2D eigenvalue weighted by Crippen LogP contribution is -2.23. The zero-order chi connectivity index (χ0) is 10.7. The molecule has 0 aliphatic carbocycles. The van der Waals surface area contributed by atoms with Gasteiger partial charge in [0.15, 0.2) is 0 Å². The van der Waals surface area contributed by atoms with Crippen molar-refractivity contribution in [2.75, 3.05) is 6.54 Å². The summed E-state index contributed by atoms with van der Waals surface area (Å²) in [5.41, 5.74) is 4.43. The first kappa shape index (κ1) is 10.7. The quantitative estimate of drug-likeness (QED) is 0.796. The molecule has 1 N–H and O–H groups in total. The summed E-state index contributed by atoms with van der Waals surface area (Å²) in [4.78, 5) is 0. The molecule has 0 spiro atoms. The van der Waals surface area contributed by atoms with Gasteiger partial charge >= 0.3 is 0 Å². The normalized spacial score (nSPS) is 20.8. The van der Waals surface area contributed by atoms with Gasteiger partial charge in [0.25, 0.3) is 0 Å². The summed E-state index contributed by atoms with van der Waals surface area (Å²) in [6.07, 6.45) is 5.03. The van der Waals surface area contributed by atoms with Crippen LogP contribution in [-0.2, 0) is 12.8 Å². The average Bonchev–Trinajstić information content (AvgIpc) is 2.71. The molecule has 1 aliphatic rings. The summed E-state index contributed by atoms with van der Waals surface area (Å²) in [7, 11) is 0. The van der Waals surface area contributed by atoms with Crippen molar-refractivity contribution in [1.29, 1.82) is 0 Å². The zero-order valence-electron chi connectivity index (χ0n) is 9.84. The van der Waals surface area contributed by atoms with Gasteiger partial charge in [-0.2, -0.15) is 0 Å². The predicted octanol–water partition coefficient (Wildman–Crippen LogP) is 2.85. The van der Waals surface area contributed by atoms with E-state index in [0.29, 0.717) is 0 Å². The van der Waals surface area contributed by atoms with E-state index < -0.39 is 0 Å². The Bertz CT molecular complexity index is 324. The van der Waals surface area contributed by atoms with Crippen LogP contribution in [-0.4, -0.2) is 12.6 Å². The van der Waals surface area contributed by atoms with E-state index in [9.17, 15) is 0 Å². The SMILES string of the molecule is CCc1ccc(CC2CCCN2)cc1C. The van der Waals surface area contributed by atoms with Crippen molar-refractivity contribution in [3.8, 4) is 0 Å². The van der Waals surface area contributed by atoms with Crippen molar-refractivity contribution in [3.63, 3.8) is 0 Å². The van der Waals surface area contributed by atoms with E-state index in [0.717, 1.165) is 12.5 Å². The predicted molar refractivity (Wildman–Crippen MR) is 65.3 cm³/mol. The first-order chi connectivity index (χ1) is 7.29. The Balaban J connectivity index is 2.05. The molecule has 0 bridgehead atoms. The molecule has 0 amide bonds. The lowest BCUT2D eigenvalue weighted by molar-refractivity contribution is 0.603. The van der Waals surface area contributed by atoms with E-state index in [-0.39, 0.29) is 0 Å². The zero-order valence-corrected chi connectivity index (χ0v) is 9.84. The Morgan fingerprint density at radius 1 is 1.40 bits per heavy atom. The van der Waals surface area contributed by atoms with Crippen LogP contribution >= 0.6 is 0 Å². The van der Waals surface area contributed by atoms with Crippen LogP contribution in [0.25, 0.3) is 0 Å².